The molecule has 2 aromatic heterocycles. The van der Waals surface area contributed by atoms with Gasteiger partial charge in [0, 0.05) is 30.9 Å². The number of halogens is 1. The van der Waals surface area contributed by atoms with E-state index in [1.165, 1.54) is 4.40 Å². The van der Waals surface area contributed by atoms with Gasteiger partial charge in [0.25, 0.3) is 0 Å². The molecule has 9 nitrogen and oxygen atoms in total. The van der Waals surface area contributed by atoms with Crippen LogP contribution in [0.3, 0.4) is 0 Å². The predicted molar refractivity (Wildman–Crippen MR) is 133 cm³/mol. The van der Waals surface area contributed by atoms with Gasteiger partial charge in [-0.1, -0.05) is 23.7 Å². The molecule has 0 bridgehead atoms. The van der Waals surface area contributed by atoms with Gasteiger partial charge < -0.3 is 14.4 Å². The number of nitrogens with zero attached hydrogens (tertiary/aromatic N) is 6. The molecule has 3 aromatic rings. The summed E-state index contributed by atoms with van der Waals surface area (Å²) in [5.74, 6) is 0.394. The molecule has 1 saturated heterocycles. The Kier molecular flexibility index (Phi) is 6.88. The van der Waals surface area contributed by atoms with E-state index in [9.17, 15) is 4.79 Å². The summed E-state index contributed by atoms with van der Waals surface area (Å²) in [6.45, 7) is 12.7. The van der Waals surface area contributed by atoms with Crippen LogP contribution in [0.4, 0.5) is 5.69 Å². The summed E-state index contributed by atoms with van der Waals surface area (Å²) in [4.78, 5) is 20.4. The molecule has 1 aromatic carbocycles. The van der Waals surface area contributed by atoms with Gasteiger partial charge in [-0.05, 0) is 51.3 Å². The molecule has 180 valence electrons. The van der Waals surface area contributed by atoms with Gasteiger partial charge in [0.05, 0.1) is 25.5 Å². The number of aromatic nitrogens is 4. The highest BCUT2D eigenvalue weighted by Crippen LogP contribution is 2.30. The molecule has 34 heavy (non-hydrogen) atoms. The fourth-order valence-corrected chi connectivity index (χ4v) is 4.12. The lowest BCUT2D eigenvalue weighted by atomic mass is 10.1. The second kappa shape index (κ2) is 9.69. The van der Waals surface area contributed by atoms with Gasteiger partial charge in [-0.15, -0.1) is 10.2 Å². The maximum Gasteiger partial charge on any atom is 0.336 e. The summed E-state index contributed by atoms with van der Waals surface area (Å²) >= 11 is 6.08. The number of aliphatic imine (C=N–C) groups is 1. The lowest BCUT2D eigenvalue weighted by molar-refractivity contribution is 0.0103. The van der Waals surface area contributed by atoms with Crippen molar-refractivity contribution in [3.63, 3.8) is 0 Å². The number of morpholine rings is 1. The molecule has 1 aliphatic heterocycles. The summed E-state index contributed by atoms with van der Waals surface area (Å²) in [6.07, 6.45) is 1.96. The van der Waals surface area contributed by atoms with E-state index in [0.29, 0.717) is 47.6 Å². The zero-order valence-electron chi connectivity index (χ0n) is 19.9. The highest BCUT2D eigenvalue weighted by atomic mass is 35.5. The summed E-state index contributed by atoms with van der Waals surface area (Å²) in [7, 11) is 1.57. The van der Waals surface area contributed by atoms with Crippen LogP contribution in [0.2, 0.25) is 5.02 Å². The Balaban J connectivity index is 1.98. The van der Waals surface area contributed by atoms with E-state index < -0.39 is 5.60 Å². The number of methoxy groups -OCH3 is 1. The first-order valence-corrected chi connectivity index (χ1v) is 11.4. The molecule has 0 unspecified atom stereocenters. The smallest absolute Gasteiger partial charge is 0.336 e. The molecular formula is C24H29ClN6O3. The number of hydrogen-bond acceptors (Lipinski definition) is 7. The SMILES string of the molecule is C=Nc1c(/C=C(\C)N2CCOCC2)n(Cc2ccc(Cl)cc2)c(=O)n2c(C(C)(C)OC)nnc12. The fraction of sp³-hybridized carbons (Fsp3) is 0.417. The first-order chi connectivity index (χ1) is 16.3. The van der Waals surface area contributed by atoms with Crippen LogP contribution >= 0.6 is 11.6 Å². The van der Waals surface area contributed by atoms with Crippen LogP contribution in [0.1, 0.15) is 37.9 Å². The Hall–Kier alpha value is -3.01. The molecule has 0 aliphatic carbocycles. The number of allylic oxidation sites excluding steroid dienone is 1. The van der Waals surface area contributed by atoms with Crippen LogP contribution in [-0.2, 0) is 21.6 Å². The second-order valence-corrected chi connectivity index (χ2v) is 9.11. The maximum atomic E-state index is 13.9. The minimum Gasteiger partial charge on any atom is -0.378 e. The lowest BCUT2D eigenvalue weighted by Crippen LogP contribution is -2.35. The first-order valence-electron chi connectivity index (χ1n) is 11.1. The Labute approximate surface area is 203 Å². The monoisotopic (exact) mass is 484 g/mol. The third-order valence-electron chi connectivity index (χ3n) is 6.15. The van der Waals surface area contributed by atoms with Crippen molar-refractivity contribution in [1.82, 2.24) is 24.1 Å². The minimum atomic E-state index is -0.837. The van der Waals surface area contributed by atoms with Gasteiger partial charge in [0.1, 0.15) is 11.3 Å². The molecule has 10 heteroatoms. The van der Waals surface area contributed by atoms with Crippen molar-refractivity contribution < 1.29 is 9.47 Å². The molecule has 0 amide bonds. The molecule has 0 saturated carbocycles. The molecule has 4 rings (SSSR count). The van der Waals surface area contributed by atoms with Crippen molar-refractivity contribution in [2.24, 2.45) is 4.99 Å². The molecule has 3 heterocycles. The predicted octanol–water partition coefficient (Wildman–Crippen LogP) is 3.50. The van der Waals surface area contributed by atoms with Crippen molar-refractivity contribution in [1.29, 1.82) is 0 Å². The number of rotatable bonds is 7. The van der Waals surface area contributed by atoms with Crippen molar-refractivity contribution in [2.75, 3.05) is 33.4 Å². The zero-order valence-corrected chi connectivity index (χ0v) is 20.7. The highest BCUT2D eigenvalue weighted by Gasteiger charge is 2.30. The van der Waals surface area contributed by atoms with Crippen molar-refractivity contribution in [3.8, 4) is 0 Å². The van der Waals surface area contributed by atoms with E-state index in [1.807, 2.05) is 39.0 Å². The van der Waals surface area contributed by atoms with Crippen LogP contribution in [0.15, 0.2) is 39.7 Å². The van der Waals surface area contributed by atoms with Crippen LogP contribution < -0.4 is 5.69 Å². The average Bonchev–Trinajstić information content (AvgIpc) is 3.30. The van der Waals surface area contributed by atoms with Crippen molar-refractivity contribution >= 4 is 35.7 Å². The van der Waals surface area contributed by atoms with Crippen LogP contribution in [0.5, 0.6) is 0 Å². The maximum absolute atomic E-state index is 13.9. The Morgan fingerprint density at radius 3 is 2.56 bits per heavy atom. The van der Waals surface area contributed by atoms with Gasteiger partial charge in [0.2, 0.25) is 0 Å². The standard InChI is InChI=1S/C24H29ClN6O3/c1-16(29-10-12-34-13-11-29)14-19-20(26-4)21-27-28-22(24(2,3)33-5)31(21)23(32)30(19)15-17-6-8-18(25)9-7-17/h6-9,14H,4,10-13,15H2,1-3,5H3/b16-14+. The minimum absolute atomic E-state index is 0.288. The van der Waals surface area contributed by atoms with Crippen LogP contribution in [0, 0.1) is 0 Å². The lowest BCUT2D eigenvalue weighted by Gasteiger charge is -2.29. The van der Waals surface area contributed by atoms with Crippen LogP contribution in [-0.4, -0.2) is 64.2 Å². The average molecular weight is 485 g/mol. The molecule has 0 N–H and O–H groups in total. The van der Waals surface area contributed by atoms with E-state index in [0.717, 1.165) is 24.4 Å². The zero-order chi connectivity index (χ0) is 24.5. The molecular weight excluding hydrogens is 456 g/mol. The Morgan fingerprint density at radius 1 is 1.26 bits per heavy atom. The van der Waals surface area contributed by atoms with E-state index >= 15 is 0 Å². The molecule has 0 atom stereocenters. The molecule has 1 fully saturated rings. The first kappa shape index (κ1) is 24.1. The van der Waals surface area contributed by atoms with E-state index in [1.54, 1.807) is 23.8 Å². The van der Waals surface area contributed by atoms with Gasteiger partial charge in [-0.2, -0.15) is 0 Å². The van der Waals surface area contributed by atoms with Crippen molar-refractivity contribution in [2.45, 2.75) is 32.9 Å². The van der Waals surface area contributed by atoms with Crippen molar-refractivity contribution in [3.05, 3.63) is 62.6 Å². The van der Waals surface area contributed by atoms with Gasteiger partial charge >= 0.3 is 5.69 Å². The summed E-state index contributed by atoms with van der Waals surface area (Å²) in [6, 6.07) is 7.41. The number of hydrogen-bond donors (Lipinski definition) is 0. The highest BCUT2D eigenvalue weighted by molar-refractivity contribution is 6.30. The van der Waals surface area contributed by atoms with E-state index in [2.05, 4.69) is 26.8 Å². The van der Waals surface area contributed by atoms with Crippen LogP contribution in [0.25, 0.3) is 11.7 Å². The summed E-state index contributed by atoms with van der Waals surface area (Å²) in [5.41, 5.74) is 2.22. The third kappa shape index (κ3) is 4.51. The van der Waals surface area contributed by atoms with E-state index in [-0.39, 0.29) is 5.69 Å². The number of ether oxygens (including phenoxy) is 2. The Bertz CT molecular complexity index is 1290. The number of fused-ring (bicyclic) bond motifs is 1. The Morgan fingerprint density at radius 2 is 1.94 bits per heavy atom. The molecule has 0 radical (unpaired) electrons. The summed E-state index contributed by atoms with van der Waals surface area (Å²) in [5, 5.41) is 9.24. The normalized spacial score (nSPS) is 15.2. The second-order valence-electron chi connectivity index (χ2n) is 8.67. The number of benzene rings is 1. The quantitative estimate of drug-likeness (QED) is 0.477. The third-order valence-corrected chi connectivity index (χ3v) is 6.40. The summed E-state index contributed by atoms with van der Waals surface area (Å²) < 4.78 is 14.2. The van der Waals surface area contributed by atoms with Gasteiger partial charge in [0.15, 0.2) is 11.5 Å². The largest absolute Gasteiger partial charge is 0.378 e. The molecule has 0 spiro atoms. The molecule has 1 aliphatic rings. The topological polar surface area (TPSA) is 86.2 Å². The van der Waals surface area contributed by atoms with Gasteiger partial charge in [-0.25, -0.2) is 9.20 Å². The van der Waals surface area contributed by atoms with Gasteiger partial charge in [-0.3, -0.25) is 9.56 Å². The van der Waals surface area contributed by atoms with E-state index in [4.69, 9.17) is 21.1 Å². The fourth-order valence-electron chi connectivity index (χ4n) is 3.99.